The van der Waals surface area contributed by atoms with Gasteiger partial charge in [-0.15, -0.1) is 0 Å². The Morgan fingerprint density at radius 1 is 1.43 bits per heavy atom. The van der Waals surface area contributed by atoms with Crippen LogP contribution in [0.15, 0.2) is 24.3 Å². The smallest absolute Gasteiger partial charge is 0.246 e. The lowest BCUT2D eigenvalue weighted by atomic mass is 10.1. The van der Waals surface area contributed by atoms with Crippen molar-refractivity contribution >= 4 is 11.6 Å². The molecule has 0 radical (unpaired) electrons. The van der Waals surface area contributed by atoms with Gasteiger partial charge in [0.05, 0.1) is 5.69 Å². The normalized spacial score (nSPS) is 16.4. The molecule has 2 aromatic rings. The Hall–Kier alpha value is -2.30. The van der Waals surface area contributed by atoms with Crippen LogP contribution in [0, 0.1) is 13.8 Å². The predicted octanol–water partition coefficient (Wildman–Crippen LogP) is 2.46. The number of carbonyl (C=O) groups is 1. The second-order valence-electron chi connectivity index (χ2n) is 5.59. The van der Waals surface area contributed by atoms with Gasteiger partial charge in [-0.3, -0.25) is 9.48 Å². The third-order valence-electron chi connectivity index (χ3n) is 3.58. The number of amides is 1. The molecular formula is C16H19N3O2. The molecule has 5 nitrogen and oxygen atoms in total. The zero-order valence-corrected chi connectivity index (χ0v) is 12.5. The van der Waals surface area contributed by atoms with Gasteiger partial charge in [0.15, 0.2) is 0 Å². The van der Waals surface area contributed by atoms with Gasteiger partial charge in [0, 0.05) is 17.8 Å². The van der Waals surface area contributed by atoms with E-state index in [1.54, 1.807) is 4.68 Å². The van der Waals surface area contributed by atoms with Crippen LogP contribution in [0.5, 0.6) is 5.75 Å². The van der Waals surface area contributed by atoms with Crippen LogP contribution in [-0.4, -0.2) is 21.8 Å². The minimum absolute atomic E-state index is 0.0758. The van der Waals surface area contributed by atoms with Gasteiger partial charge < -0.3 is 10.1 Å². The minimum Gasteiger partial charge on any atom is -0.490 e. The minimum atomic E-state index is -0.0758. The topological polar surface area (TPSA) is 56.2 Å². The van der Waals surface area contributed by atoms with Crippen LogP contribution in [0.3, 0.4) is 0 Å². The summed E-state index contributed by atoms with van der Waals surface area (Å²) in [6, 6.07) is 7.73. The molecule has 1 aliphatic heterocycles. The summed E-state index contributed by atoms with van der Waals surface area (Å²) >= 11 is 0. The molecule has 1 aromatic carbocycles. The van der Waals surface area contributed by atoms with Crippen LogP contribution in [0.2, 0.25) is 0 Å². The highest BCUT2D eigenvalue weighted by molar-refractivity contribution is 5.90. The first-order chi connectivity index (χ1) is 10.0. The van der Waals surface area contributed by atoms with Gasteiger partial charge in [0.1, 0.15) is 18.4 Å². The summed E-state index contributed by atoms with van der Waals surface area (Å²) in [5.74, 6) is 0.840. The molecular weight excluding hydrogens is 266 g/mol. The number of hydrogen-bond donors (Lipinski definition) is 1. The Balaban J connectivity index is 1.68. The first-order valence-electron chi connectivity index (χ1n) is 7.12. The molecule has 0 fully saturated rings. The summed E-state index contributed by atoms with van der Waals surface area (Å²) in [6.07, 6.45) is 1.09. The average molecular weight is 285 g/mol. The van der Waals surface area contributed by atoms with Crippen LogP contribution < -0.4 is 10.1 Å². The van der Waals surface area contributed by atoms with E-state index in [4.69, 9.17) is 4.74 Å². The number of nitrogens with zero attached hydrogens (tertiary/aromatic N) is 2. The lowest BCUT2D eigenvalue weighted by Crippen LogP contribution is -2.20. The van der Waals surface area contributed by atoms with Gasteiger partial charge in [-0.2, -0.15) is 5.10 Å². The van der Waals surface area contributed by atoms with Crippen molar-refractivity contribution < 1.29 is 9.53 Å². The summed E-state index contributed by atoms with van der Waals surface area (Å²) in [7, 11) is 0. The Bertz CT molecular complexity index is 691. The van der Waals surface area contributed by atoms with E-state index in [0.29, 0.717) is 0 Å². The summed E-state index contributed by atoms with van der Waals surface area (Å²) in [5, 5.41) is 7.21. The molecule has 0 saturated carbocycles. The number of hydrogen-bond acceptors (Lipinski definition) is 3. The Morgan fingerprint density at radius 3 is 2.95 bits per heavy atom. The predicted molar refractivity (Wildman–Crippen MR) is 80.6 cm³/mol. The summed E-state index contributed by atoms with van der Waals surface area (Å²) in [4.78, 5) is 12.1. The van der Waals surface area contributed by atoms with Crippen molar-refractivity contribution in [3.63, 3.8) is 0 Å². The van der Waals surface area contributed by atoms with Crippen molar-refractivity contribution in [2.45, 2.75) is 39.8 Å². The molecule has 5 heteroatoms. The number of benzene rings is 1. The standard InChI is InChI=1S/C16H19N3O2/c1-10-6-11(2)19(18-10)9-16(20)17-14-4-5-15-13(8-14)7-12(3)21-15/h4-6,8,12H,7,9H2,1-3H3,(H,17,20). The molecule has 3 rings (SSSR count). The maximum absolute atomic E-state index is 12.1. The molecule has 110 valence electrons. The largest absolute Gasteiger partial charge is 0.490 e. The molecule has 1 aromatic heterocycles. The molecule has 2 heterocycles. The van der Waals surface area contributed by atoms with Gasteiger partial charge in [0.2, 0.25) is 5.91 Å². The Labute approximate surface area is 123 Å². The molecule has 0 bridgehead atoms. The van der Waals surface area contributed by atoms with Gasteiger partial charge >= 0.3 is 0 Å². The number of nitrogens with one attached hydrogen (secondary N) is 1. The third-order valence-corrected chi connectivity index (χ3v) is 3.58. The van der Waals surface area contributed by atoms with Crippen molar-refractivity contribution in [3.05, 3.63) is 41.2 Å². The second-order valence-corrected chi connectivity index (χ2v) is 5.59. The molecule has 21 heavy (non-hydrogen) atoms. The highest BCUT2D eigenvalue weighted by Gasteiger charge is 2.19. The average Bonchev–Trinajstić information content (AvgIpc) is 2.90. The van der Waals surface area contributed by atoms with Crippen LogP contribution >= 0.6 is 0 Å². The molecule has 0 spiro atoms. The quantitative estimate of drug-likeness (QED) is 0.942. The monoisotopic (exact) mass is 285 g/mol. The van der Waals surface area contributed by atoms with Gasteiger partial charge in [-0.1, -0.05) is 0 Å². The van der Waals surface area contributed by atoms with Crippen molar-refractivity contribution in [2.24, 2.45) is 0 Å². The molecule has 1 unspecified atom stereocenters. The van der Waals surface area contributed by atoms with E-state index in [-0.39, 0.29) is 18.6 Å². The third kappa shape index (κ3) is 2.91. The van der Waals surface area contributed by atoms with Crippen LogP contribution in [-0.2, 0) is 17.8 Å². The highest BCUT2D eigenvalue weighted by atomic mass is 16.5. The van der Waals surface area contributed by atoms with Crippen molar-refractivity contribution in [1.82, 2.24) is 9.78 Å². The fraction of sp³-hybridized carbons (Fsp3) is 0.375. The summed E-state index contributed by atoms with van der Waals surface area (Å²) in [5.41, 5.74) is 3.85. The van der Waals surface area contributed by atoms with Crippen molar-refractivity contribution in [1.29, 1.82) is 0 Å². The lowest BCUT2D eigenvalue weighted by Gasteiger charge is -2.08. The van der Waals surface area contributed by atoms with E-state index in [1.165, 1.54) is 0 Å². The van der Waals surface area contributed by atoms with Gasteiger partial charge in [-0.05, 0) is 50.6 Å². The lowest BCUT2D eigenvalue weighted by molar-refractivity contribution is -0.116. The Kier molecular flexibility index (Phi) is 3.41. The van der Waals surface area contributed by atoms with Crippen LogP contribution in [0.1, 0.15) is 23.9 Å². The van der Waals surface area contributed by atoms with Crippen molar-refractivity contribution in [3.8, 4) is 5.75 Å². The van der Waals surface area contributed by atoms with E-state index in [0.717, 1.165) is 34.8 Å². The number of ether oxygens (including phenoxy) is 1. The number of fused-ring (bicyclic) bond motifs is 1. The van der Waals surface area contributed by atoms with Crippen molar-refractivity contribution in [2.75, 3.05) is 5.32 Å². The number of aryl methyl sites for hydroxylation is 2. The van der Waals surface area contributed by atoms with E-state index in [9.17, 15) is 4.79 Å². The van der Waals surface area contributed by atoms with Gasteiger partial charge in [-0.25, -0.2) is 0 Å². The molecule has 1 aliphatic rings. The number of carbonyl (C=O) groups excluding carboxylic acids is 1. The fourth-order valence-corrected chi connectivity index (χ4v) is 2.67. The number of aromatic nitrogens is 2. The van der Waals surface area contributed by atoms with E-state index in [1.807, 2.05) is 45.0 Å². The maximum Gasteiger partial charge on any atom is 0.246 e. The number of anilines is 1. The fourth-order valence-electron chi connectivity index (χ4n) is 2.67. The molecule has 1 amide bonds. The molecule has 1 N–H and O–H groups in total. The van der Waals surface area contributed by atoms with E-state index < -0.39 is 0 Å². The molecule has 0 saturated heterocycles. The zero-order chi connectivity index (χ0) is 15.0. The zero-order valence-electron chi connectivity index (χ0n) is 12.5. The second kappa shape index (κ2) is 5.24. The SMILES string of the molecule is Cc1cc(C)n(CC(=O)Nc2ccc3c(c2)CC(C)O3)n1. The molecule has 1 atom stereocenters. The summed E-state index contributed by atoms with van der Waals surface area (Å²) < 4.78 is 7.37. The maximum atomic E-state index is 12.1. The first-order valence-corrected chi connectivity index (χ1v) is 7.12. The van der Waals surface area contributed by atoms with Crippen LogP contribution in [0.25, 0.3) is 0 Å². The number of rotatable bonds is 3. The van der Waals surface area contributed by atoms with E-state index >= 15 is 0 Å². The van der Waals surface area contributed by atoms with E-state index in [2.05, 4.69) is 10.4 Å². The first kappa shape index (κ1) is 13.7. The molecule has 0 aliphatic carbocycles. The summed E-state index contributed by atoms with van der Waals surface area (Å²) in [6.45, 7) is 6.13. The van der Waals surface area contributed by atoms with Gasteiger partial charge in [0.25, 0.3) is 0 Å². The Morgan fingerprint density at radius 2 is 2.24 bits per heavy atom. The highest BCUT2D eigenvalue weighted by Crippen LogP contribution is 2.30. The van der Waals surface area contributed by atoms with Crippen LogP contribution in [0.4, 0.5) is 5.69 Å².